The molecule has 6 nitrogen and oxygen atoms in total. The molecule has 4 aliphatic carbocycles. The molecule has 1 amide bonds. The molecular weight excluding hydrogens is 476 g/mol. The van der Waals surface area contributed by atoms with Crippen LogP contribution in [0.15, 0.2) is 0 Å². The monoisotopic (exact) mass is 530 g/mol. The number of ether oxygens (including phenoxy) is 1. The fourth-order valence-electron chi connectivity index (χ4n) is 9.53. The predicted molar refractivity (Wildman–Crippen MR) is 150 cm³/mol. The van der Waals surface area contributed by atoms with E-state index in [1.165, 1.54) is 32.1 Å². The van der Waals surface area contributed by atoms with Crippen molar-refractivity contribution in [2.24, 2.45) is 46.3 Å². The number of ketones is 1. The van der Waals surface area contributed by atoms with Crippen LogP contribution in [-0.2, 0) is 19.1 Å². The molecule has 0 unspecified atom stereocenters. The molecule has 0 radical (unpaired) electrons. The molecule has 0 aliphatic heterocycles. The van der Waals surface area contributed by atoms with E-state index in [4.69, 9.17) is 4.74 Å². The molecule has 0 aromatic rings. The number of nitrogens with zero attached hydrogens (tertiary/aromatic N) is 1. The fourth-order valence-corrected chi connectivity index (χ4v) is 9.53. The zero-order valence-corrected chi connectivity index (χ0v) is 25.2. The number of amides is 1. The van der Waals surface area contributed by atoms with Crippen LogP contribution in [0.1, 0.15) is 105 Å². The van der Waals surface area contributed by atoms with Crippen LogP contribution in [0, 0.1) is 46.3 Å². The molecular formula is C32H54N2O4. The van der Waals surface area contributed by atoms with Crippen molar-refractivity contribution in [1.82, 2.24) is 10.2 Å². The van der Waals surface area contributed by atoms with E-state index in [0.717, 1.165) is 50.5 Å². The van der Waals surface area contributed by atoms with E-state index in [9.17, 15) is 14.4 Å². The van der Waals surface area contributed by atoms with Gasteiger partial charge in [0, 0.05) is 12.3 Å². The summed E-state index contributed by atoms with van der Waals surface area (Å²) in [5.41, 5.74) is 0.505. The molecule has 4 rings (SSSR count). The third-order valence-corrected chi connectivity index (χ3v) is 11.6. The highest BCUT2D eigenvalue weighted by molar-refractivity contribution is 5.84. The van der Waals surface area contributed by atoms with Crippen LogP contribution in [-0.4, -0.2) is 55.3 Å². The van der Waals surface area contributed by atoms with Crippen LogP contribution in [0.4, 0.5) is 0 Å². The number of carbonyl (C=O) groups excluding carboxylic acids is 3. The second kappa shape index (κ2) is 11.6. The Labute approximate surface area is 231 Å². The van der Waals surface area contributed by atoms with Crippen molar-refractivity contribution >= 4 is 17.7 Å². The second-order valence-electron chi connectivity index (χ2n) is 14.5. The highest BCUT2D eigenvalue weighted by Crippen LogP contribution is 2.67. The first-order valence-electron chi connectivity index (χ1n) is 15.5. The molecule has 0 aromatic carbocycles. The normalized spacial score (nSPS) is 39.2. The van der Waals surface area contributed by atoms with E-state index < -0.39 is 6.04 Å². The lowest BCUT2D eigenvalue weighted by atomic mass is 9.44. The first-order valence-corrected chi connectivity index (χ1v) is 15.5. The van der Waals surface area contributed by atoms with Crippen molar-refractivity contribution in [3.05, 3.63) is 0 Å². The standard InChI is InChI=1S/C32H54N2O4/c1-20(2)29(33-28(36)9-8-18-34(6)7)30(37)38-23-14-16-31(4)22(19-23)10-11-24-26-13-12-25(21(3)35)32(26,5)17-15-27(24)31/h20,22-27,29H,8-19H2,1-7H3,(H,33,36)/t22-,23+,24-,25+,26-,27-,29-,31-,32+/m0/s1. The summed E-state index contributed by atoms with van der Waals surface area (Å²) >= 11 is 0. The molecule has 0 aromatic heterocycles. The molecule has 9 atom stereocenters. The molecule has 0 spiro atoms. The summed E-state index contributed by atoms with van der Waals surface area (Å²) in [5, 5.41) is 2.96. The van der Waals surface area contributed by atoms with Crippen molar-refractivity contribution in [3.8, 4) is 0 Å². The number of Topliss-reactive ketones (excluding diaryl/α,β-unsaturated/α-hetero) is 1. The number of hydrogen-bond acceptors (Lipinski definition) is 5. The number of rotatable bonds is 9. The van der Waals surface area contributed by atoms with Gasteiger partial charge in [0.05, 0.1) is 0 Å². The molecule has 216 valence electrons. The lowest BCUT2D eigenvalue weighted by Crippen LogP contribution is -2.55. The van der Waals surface area contributed by atoms with E-state index in [-0.39, 0.29) is 35.2 Å². The van der Waals surface area contributed by atoms with Crippen molar-refractivity contribution in [1.29, 1.82) is 0 Å². The number of hydrogen-bond donors (Lipinski definition) is 1. The van der Waals surface area contributed by atoms with Gasteiger partial charge in [0.15, 0.2) is 0 Å². The molecule has 4 saturated carbocycles. The Morgan fingerprint density at radius 1 is 0.947 bits per heavy atom. The number of esters is 1. The summed E-state index contributed by atoms with van der Waals surface area (Å²) in [7, 11) is 4.00. The average molecular weight is 531 g/mol. The van der Waals surface area contributed by atoms with Crippen LogP contribution >= 0.6 is 0 Å². The van der Waals surface area contributed by atoms with Gasteiger partial charge in [-0.05, 0) is 132 Å². The Morgan fingerprint density at radius 2 is 1.63 bits per heavy atom. The van der Waals surface area contributed by atoms with E-state index in [2.05, 4.69) is 24.1 Å². The smallest absolute Gasteiger partial charge is 0.329 e. The maximum atomic E-state index is 13.2. The van der Waals surface area contributed by atoms with Gasteiger partial charge in [-0.3, -0.25) is 9.59 Å². The Balaban J connectivity index is 1.35. The van der Waals surface area contributed by atoms with Gasteiger partial charge >= 0.3 is 5.97 Å². The van der Waals surface area contributed by atoms with E-state index in [0.29, 0.717) is 29.5 Å². The maximum absolute atomic E-state index is 13.2. The molecule has 4 aliphatic rings. The van der Waals surface area contributed by atoms with Crippen LogP contribution in [0.25, 0.3) is 0 Å². The van der Waals surface area contributed by atoms with Gasteiger partial charge in [0.2, 0.25) is 5.91 Å². The van der Waals surface area contributed by atoms with E-state index in [1.54, 1.807) is 0 Å². The topological polar surface area (TPSA) is 75.7 Å². The lowest BCUT2D eigenvalue weighted by molar-refractivity contribution is -0.166. The van der Waals surface area contributed by atoms with Gasteiger partial charge in [0.25, 0.3) is 0 Å². The highest BCUT2D eigenvalue weighted by Gasteiger charge is 2.61. The molecule has 6 heteroatoms. The fraction of sp³-hybridized carbons (Fsp3) is 0.906. The van der Waals surface area contributed by atoms with Gasteiger partial charge in [0.1, 0.15) is 17.9 Å². The van der Waals surface area contributed by atoms with Crippen molar-refractivity contribution in [2.75, 3.05) is 20.6 Å². The number of carbonyl (C=O) groups is 3. The van der Waals surface area contributed by atoms with E-state index in [1.807, 2.05) is 34.9 Å². The minimum Gasteiger partial charge on any atom is -0.461 e. The first kappa shape index (κ1) is 29.6. The minimum absolute atomic E-state index is 0.00798. The molecule has 1 N–H and O–H groups in total. The quantitative estimate of drug-likeness (QED) is 0.391. The summed E-state index contributed by atoms with van der Waals surface area (Å²) in [5.74, 6) is 3.07. The Bertz CT molecular complexity index is 887. The summed E-state index contributed by atoms with van der Waals surface area (Å²) in [6, 6.07) is -0.585. The molecule has 0 heterocycles. The molecule has 0 saturated heterocycles. The molecule has 0 bridgehead atoms. The SMILES string of the molecule is CC(=O)[C@H]1CC[C@H]2[C@@H]3CC[C@H]4C[C@H](OC(=O)[C@@H](NC(=O)CCCN(C)C)C(C)C)CC[C@]4(C)[C@H]3CC[C@]12C. The van der Waals surface area contributed by atoms with Crippen molar-refractivity contribution < 1.29 is 19.1 Å². The predicted octanol–water partition coefficient (Wildman–Crippen LogP) is 5.63. The van der Waals surface area contributed by atoms with Crippen LogP contribution in [0.3, 0.4) is 0 Å². The maximum Gasteiger partial charge on any atom is 0.329 e. The number of fused-ring (bicyclic) bond motifs is 5. The van der Waals surface area contributed by atoms with Crippen molar-refractivity contribution in [3.63, 3.8) is 0 Å². The minimum atomic E-state index is -0.585. The average Bonchev–Trinajstić information content (AvgIpc) is 3.19. The van der Waals surface area contributed by atoms with Gasteiger partial charge in [-0.2, -0.15) is 0 Å². The van der Waals surface area contributed by atoms with E-state index >= 15 is 0 Å². The summed E-state index contributed by atoms with van der Waals surface area (Å²) in [6.07, 6.45) is 11.3. The lowest BCUT2D eigenvalue weighted by Gasteiger charge is -2.61. The Hall–Kier alpha value is -1.43. The molecule has 4 fully saturated rings. The Kier molecular flexibility index (Phi) is 9.01. The second-order valence-corrected chi connectivity index (χ2v) is 14.5. The Morgan fingerprint density at radius 3 is 2.29 bits per heavy atom. The van der Waals surface area contributed by atoms with Crippen LogP contribution < -0.4 is 5.32 Å². The zero-order valence-electron chi connectivity index (χ0n) is 25.2. The number of nitrogens with one attached hydrogen (secondary N) is 1. The summed E-state index contributed by atoms with van der Waals surface area (Å²) in [4.78, 5) is 40.2. The van der Waals surface area contributed by atoms with Gasteiger partial charge < -0.3 is 15.0 Å². The largest absolute Gasteiger partial charge is 0.461 e. The first-order chi connectivity index (χ1) is 17.9. The summed E-state index contributed by atoms with van der Waals surface area (Å²) in [6.45, 7) is 11.6. The zero-order chi connectivity index (χ0) is 27.8. The van der Waals surface area contributed by atoms with Crippen molar-refractivity contribution in [2.45, 2.75) is 117 Å². The molecule has 38 heavy (non-hydrogen) atoms. The third kappa shape index (κ3) is 5.71. The van der Waals surface area contributed by atoms with Crippen LogP contribution in [0.5, 0.6) is 0 Å². The van der Waals surface area contributed by atoms with Crippen LogP contribution in [0.2, 0.25) is 0 Å². The highest BCUT2D eigenvalue weighted by atomic mass is 16.5. The van der Waals surface area contributed by atoms with Gasteiger partial charge in [-0.15, -0.1) is 0 Å². The summed E-state index contributed by atoms with van der Waals surface area (Å²) < 4.78 is 6.11. The van der Waals surface area contributed by atoms with Gasteiger partial charge in [-0.25, -0.2) is 4.79 Å². The third-order valence-electron chi connectivity index (χ3n) is 11.6. The van der Waals surface area contributed by atoms with Gasteiger partial charge in [-0.1, -0.05) is 27.7 Å².